The van der Waals surface area contributed by atoms with Crippen molar-refractivity contribution in [2.75, 3.05) is 0 Å². The van der Waals surface area contributed by atoms with E-state index in [0.29, 0.717) is 0 Å². The van der Waals surface area contributed by atoms with Gasteiger partial charge in [-0.3, -0.25) is 0 Å². The topological polar surface area (TPSA) is 120 Å². The standard InChI is InChI=1S/3C10H16O2.Pd/c3*1-8(2)5-4-6-9(3)7-10(11)12;/h3*5,7H,4,6H2,1-3H3,(H,11,12);/q;;;+3/p-3/b3*9-7-;. The summed E-state index contributed by atoms with van der Waals surface area (Å²) in [5.74, 6) is -3.32. The molecule has 6 nitrogen and oxygen atoms in total. The van der Waals surface area contributed by atoms with Crippen LogP contribution in [0, 0.1) is 0 Å². The van der Waals surface area contributed by atoms with Crippen LogP contribution >= 0.6 is 0 Å². The molecule has 37 heavy (non-hydrogen) atoms. The molecule has 1 radical (unpaired) electrons. The fourth-order valence-electron chi connectivity index (χ4n) is 2.59. The zero-order valence-electron chi connectivity index (χ0n) is 24.0. The summed E-state index contributed by atoms with van der Waals surface area (Å²) >= 11 is 0. The van der Waals surface area contributed by atoms with Crippen LogP contribution in [0.5, 0.6) is 0 Å². The third-order valence-corrected chi connectivity index (χ3v) is 4.37. The summed E-state index contributed by atoms with van der Waals surface area (Å²) in [6.45, 7) is 17.6. The van der Waals surface area contributed by atoms with Crippen molar-refractivity contribution >= 4 is 17.9 Å². The summed E-state index contributed by atoms with van der Waals surface area (Å²) in [6.07, 6.45) is 14.8. The maximum Gasteiger partial charge on any atom is 3.00 e. The van der Waals surface area contributed by atoms with Gasteiger partial charge in [0, 0.05) is 0 Å². The molecule has 7 heteroatoms. The first-order valence-corrected chi connectivity index (χ1v) is 12.1. The van der Waals surface area contributed by atoms with Gasteiger partial charge in [0.05, 0.1) is 17.9 Å². The Morgan fingerprint density at radius 2 is 0.649 bits per heavy atom. The van der Waals surface area contributed by atoms with Crippen molar-refractivity contribution in [3.8, 4) is 0 Å². The number of carbonyl (C=O) groups is 3. The monoisotopic (exact) mass is 607 g/mol. The maximum absolute atomic E-state index is 10.1. The van der Waals surface area contributed by atoms with Crippen LogP contribution in [-0.4, -0.2) is 17.9 Å². The Balaban J connectivity index is -0.000000218. The van der Waals surface area contributed by atoms with Gasteiger partial charge < -0.3 is 29.7 Å². The van der Waals surface area contributed by atoms with E-state index in [0.717, 1.165) is 73.5 Å². The van der Waals surface area contributed by atoms with E-state index >= 15 is 0 Å². The van der Waals surface area contributed by atoms with E-state index in [9.17, 15) is 29.7 Å². The van der Waals surface area contributed by atoms with Crippen molar-refractivity contribution in [1.82, 2.24) is 0 Å². The molecule has 0 rings (SSSR count). The van der Waals surface area contributed by atoms with E-state index < -0.39 is 17.9 Å². The zero-order valence-corrected chi connectivity index (χ0v) is 25.5. The number of carboxylic acid groups (broad SMARTS) is 3. The molecule has 0 spiro atoms. The molecule has 0 aliphatic heterocycles. The molecular formula is C30H45O6Pd. The SMILES string of the molecule is CC(C)=CCC/C(C)=C\C(=O)[O-].CC(C)=CCC/C(C)=C\C(=O)[O-].CC(C)=CCC/C(C)=C\C(=O)[O-].[Pd+3]. The van der Waals surface area contributed by atoms with Gasteiger partial charge in [-0.15, -0.1) is 0 Å². The van der Waals surface area contributed by atoms with Gasteiger partial charge in [0.15, 0.2) is 0 Å². The second kappa shape index (κ2) is 26.6. The number of rotatable bonds is 12. The van der Waals surface area contributed by atoms with Gasteiger partial charge in [0.2, 0.25) is 0 Å². The molecule has 0 unspecified atom stereocenters. The average molecular weight is 608 g/mol. The third-order valence-electron chi connectivity index (χ3n) is 4.37. The number of hydrogen-bond donors (Lipinski definition) is 0. The predicted octanol–water partition coefficient (Wildman–Crippen LogP) is 4.28. The molecule has 0 aliphatic rings. The van der Waals surface area contributed by atoms with E-state index in [-0.39, 0.29) is 20.4 Å². The number of carboxylic acids is 3. The molecule has 0 saturated heterocycles. The van der Waals surface area contributed by atoms with Crippen LogP contribution in [-0.2, 0) is 34.8 Å². The molecule has 0 amide bonds. The Hall–Kier alpha value is -2.49. The number of hydrogen-bond acceptors (Lipinski definition) is 6. The molecule has 0 aromatic carbocycles. The van der Waals surface area contributed by atoms with Gasteiger partial charge in [-0.2, -0.15) is 0 Å². The van der Waals surface area contributed by atoms with Crippen LogP contribution in [0.2, 0.25) is 0 Å². The molecule has 0 atom stereocenters. The Morgan fingerprint density at radius 1 is 0.459 bits per heavy atom. The van der Waals surface area contributed by atoms with E-state index in [2.05, 4.69) is 18.2 Å². The zero-order chi connectivity index (χ0) is 28.7. The van der Waals surface area contributed by atoms with E-state index in [1.54, 1.807) is 20.8 Å². The third kappa shape index (κ3) is 44.0. The van der Waals surface area contributed by atoms with Crippen molar-refractivity contribution in [2.24, 2.45) is 0 Å². The predicted molar refractivity (Wildman–Crippen MR) is 142 cm³/mol. The Bertz CT molecular complexity index is 744. The molecule has 211 valence electrons. The largest absolute Gasteiger partial charge is 3.00 e. The average Bonchev–Trinajstić information content (AvgIpc) is 2.66. The van der Waals surface area contributed by atoms with Gasteiger partial charge in [0.25, 0.3) is 0 Å². The summed E-state index contributed by atoms with van der Waals surface area (Å²) < 4.78 is 0. The molecule has 0 aromatic rings. The van der Waals surface area contributed by atoms with Crippen LogP contribution in [0.1, 0.15) is 101 Å². The van der Waals surface area contributed by atoms with Crippen LogP contribution in [0.25, 0.3) is 0 Å². The molecule has 0 aliphatic carbocycles. The number of allylic oxidation sites excluding steroid dienone is 9. The second-order valence-corrected chi connectivity index (χ2v) is 9.39. The number of carbonyl (C=O) groups excluding carboxylic acids is 3. The molecule has 0 N–H and O–H groups in total. The fourth-order valence-corrected chi connectivity index (χ4v) is 2.59. The minimum Gasteiger partial charge on any atom is -0.545 e. The van der Waals surface area contributed by atoms with Crippen LogP contribution in [0.4, 0.5) is 0 Å². The normalized spacial score (nSPS) is 10.8. The minimum atomic E-state index is -1.11. The van der Waals surface area contributed by atoms with E-state index in [1.165, 1.54) is 16.7 Å². The van der Waals surface area contributed by atoms with Crippen molar-refractivity contribution < 1.29 is 50.1 Å². The summed E-state index contributed by atoms with van der Waals surface area (Å²) in [4.78, 5) is 30.3. The van der Waals surface area contributed by atoms with Gasteiger partial charge in [0.1, 0.15) is 0 Å². The van der Waals surface area contributed by atoms with Crippen molar-refractivity contribution in [2.45, 2.75) is 101 Å². The van der Waals surface area contributed by atoms with Gasteiger partial charge in [-0.1, -0.05) is 51.7 Å². The van der Waals surface area contributed by atoms with Gasteiger partial charge in [-0.05, 0) is 119 Å². The van der Waals surface area contributed by atoms with E-state index in [1.807, 2.05) is 41.5 Å². The molecule has 0 bridgehead atoms. The fraction of sp³-hybridized carbons (Fsp3) is 0.500. The molecule has 0 aromatic heterocycles. The van der Waals surface area contributed by atoms with Crippen LogP contribution in [0.3, 0.4) is 0 Å². The van der Waals surface area contributed by atoms with Crippen molar-refractivity contribution in [3.05, 3.63) is 69.9 Å². The Kier molecular flexibility index (Phi) is 29.9. The molecule has 0 fully saturated rings. The summed E-state index contributed by atoms with van der Waals surface area (Å²) in [5.41, 5.74) is 6.34. The quantitative estimate of drug-likeness (QED) is 0.185. The first kappa shape index (κ1) is 41.6. The molecule has 0 heterocycles. The Labute approximate surface area is 238 Å². The van der Waals surface area contributed by atoms with Crippen molar-refractivity contribution in [1.29, 1.82) is 0 Å². The first-order valence-electron chi connectivity index (χ1n) is 12.1. The smallest absolute Gasteiger partial charge is 0.545 e. The maximum atomic E-state index is 10.1. The van der Waals surface area contributed by atoms with Gasteiger partial charge >= 0.3 is 20.4 Å². The molecule has 0 saturated carbocycles. The Morgan fingerprint density at radius 3 is 0.784 bits per heavy atom. The second-order valence-electron chi connectivity index (χ2n) is 9.39. The minimum absolute atomic E-state index is 0. The summed E-state index contributed by atoms with van der Waals surface area (Å²) in [7, 11) is 0. The van der Waals surface area contributed by atoms with Gasteiger partial charge in [-0.25, -0.2) is 0 Å². The first-order chi connectivity index (χ1) is 16.6. The van der Waals surface area contributed by atoms with Crippen LogP contribution in [0.15, 0.2) is 69.9 Å². The van der Waals surface area contributed by atoms with Crippen LogP contribution < -0.4 is 15.3 Å². The summed E-state index contributed by atoms with van der Waals surface area (Å²) in [5, 5.41) is 30.3. The molecular weight excluding hydrogens is 563 g/mol. The summed E-state index contributed by atoms with van der Waals surface area (Å²) in [6, 6.07) is 0. The van der Waals surface area contributed by atoms with E-state index in [4.69, 9.17) is 0 Å². The number of aliphatic carboxylic acids is 3. The van der Waals surface area contributed by atoms with Crippen molar-refractivity contribution in [3.63, 3.8) is 0 Å².